The van der Waals surface area contributed by atoms with E-state index < -0.39 is 0 Å². The number of benzene rings is 2. The normalized spacial score (nSPS) is 10.7. The number of hydrogen-bond acceptors (Lipinski definition) is 3. The zero-order valence-electron chi connectivity index (χ0n) is 15.8. The number of ether oxygens (including phenoxy) is 2. The Hall–Kier alpha value is -1.96. The van der Waals surface area contributed by atoms with E-state index in [-0.39, 0.29) is 24.0 Å². The molecule has 2 rings (SSSR count). The molecule has 0 radical (unpaired) electrons. The van der Waals surface area contributed by atoms with Crippen LogP contribution in [0.1, 0.15) is 16.7 Å². The van der Waals surface area contributed by atoms with Gasteiger partial charge in [-0.2, -0.15) is 0 Å². The fraction of sp³-hybridized carbons (Fsp3) is 0.350. The van der Waals surface area contributed by atoms with Crippen molar-refractivity contribution < 1.29 is 9.47 Å². The maximum atomic E-state index is 5.38. The van der Waals surface area contributed by atoms with Crippen LogP contribution in [0.4, 0.5) is 0 Å². The molecule has 0 unspecified atom stereocenters. The molecular weight excluding hydrogens is 441 g/mol. The summed E-state index contributed by atoms with van der Waals surface area (Å²) in [6.45, 7) is 3.49. The summed E-state index contributed by atoms with van der Waals surface area (Å²) in [5.41, 5.74) is 3.47. The Morgan fingerprint density at radius 1 is 1.00 bits per heavy atom. The van der Waals surface area contributed by atoms with Gasteiger partial charge in [-0.25, -0.2) is 0 Å². The molecule has 0 atom stereocenters. The molecule has 26 heavy (non-hydrogen) atoms. The lowest BCUT2D eigenvalue weighted by molar-refractivity contribution is 0.409. The Bertz CT molecular complexity index is 720. The summed E-state index contributed by atoms with van der Waals surface area (Å²) in [7, 11) is 5.15. The highest BCUT2D eigenvalue weighted by Gasteiger charge is 2.04. The van der Waals surface area contributed by atoms with E-state index >= 15 is 0 Å². The third kappa shape index (κ3) is 6.40. The van der Waals surface area contributed by atoms with E-state index in [1.807, 2.05) is 31.2 Å². The Kier molecular flexibility index (Phi) is 9.87. The number of nitrogens with one attached hydrogen (secondary N) is 2. The topological polar surface area (TPSA) is 54.9 Å². The first kappa shape index (κ1) is 22.1. The Labute approximate surface area is 173 Å². The van der Waals surface area contributed by atoms with Crippen LogP contribution in [0.25, 0.3) is 0 Å². The molecule has 0 aliphatic rings. The Morgan fingerprint density at radius 2 is 1.73 bits per heavy atom. The third-order valence-electron chi connectivity index (χ3n) is 4.04. The molecule has 2 aromatic rings. The summed E-state index contributed by atoms with van der Waals surface area (Å²) in [5, 5.41) is 6.65. The second kappa shape index (κ2) is 11.6. The van der Waals surface area contributed by atoms with Crippen LogP contribution < -0.4 is 20.1 Å². The van der Waals surface area contributed by atoms with Crippen molar-refractivity contribution in [1.29, 1.82) is 0 Å². The van der Waals surface area contributed by atoms with E-state index in [2.05, 4.69) is 33.8 Å². The van der Waals surface area contributed by atoms with Gasteiger partial charge in [-0.1, -0.05) is 30.3 Å². The lowest BCUT2D eigenvalue weighted by Gasteiger charge is -2.14. The predicted octanol–water partition coefficient (Wildman–Crippen LogP) is 3.54. The zero-order valence-corrected chi connectivity index (χ0v) is 18.2. The van der Waals surface area contributed by atoms with E-state index in [1.165, 1.54) is 5.56 Å². The quantitative estimate of drug-likeness (QED) is 0.370. The van der Waals surface area contributed by atoms with Crippen LogP contribution in [0.5, 0.6) is 11.5 Å². The van der Waals surface area contributed by atoms with Crippen LogP contribution in [0.3, 0.4) is 0 Å². The first-order chi connectivity index (χ1) is 12.2. The van der Waals surface area contributed by atoms with E-state index in [9.17, 15) is 0 Å². The van der Waals surface area contributed by atoms with Crippen molar-refractivity contribution in [3.63, 3.8) is 0 Å². The molecule has 142 valence electrons. The minimum absolute atomic E-state index is 0. The van der Waals surface area contributed by atoms with Crippen molar-refractivity contribution in [3.8, 4) is 11.5 Å². The molecule has 2 aromatic carbocycles. The molecule has 0 spiro atoms. The molecule has 6 heteroatoms. The van der Waals surface area contributed by atoms with E-state index in [0.717, 1.165) is 41.6 Å². The number of aliphatic imine (C=N–C) groups is 1. The van der Waals surface area contributed by atoms with Gasteiger partial charge in [0, 0.05) is 25.7 Å². The minimum atomic E-state index is 0. The van der Waals surface area contributed by atoms with Crippen molar-refractivity contribution in [3.05, 3.63) is 59.2 Å². The smallest absolute Gasteiger partial charge is 0.191 e. The van der Waals surface area contributed by atoms with Crippen LogP contribution in [0.15, 0.2) is 47.5 Å². The number of methoxy groups -OCH3 is 2. The largest absolute Gasteiger partial charge is 0.496 e. The molecule has 5 nitrogen and oxygen atoms in total. The average Bonchev–Trinajstić information content (AvgIpc) is 2.65. The molecule has 0 fully saturated rings. The van der Waals surface area contributed by atoms with Crippen LogP contribution >= 0.6 is 24.0 Å². The highest BCUT2D eigenvalue weighted by Crippen LogP contribution is 2.19. The third-order valence-corrected chi connectivity index (χ3v) is 4.04. The van der Waals surface area contributed by atoms with E-state index in [0.29, 0.717) is 6.54 Å². The molecular formula is C20H28IN3O2. The molecule has 0 aliphatic carbocycles. The number of aryl methyl sites for hydroxylation is 1. The molecule has 0 bridgehead atoms. The van der Waals surface area contributed by atoms with E-state index in [4.69, 9.17) is 9.47 Å². The van der Waals surface area contributed by atoms with E-state index in [1.54, 1.807) is 21.3 Å². The summed E-state index contributed by atoms with van der Waals surface area (Å²) >= 11 is 0. The van der Waals surface area contributed by atoms with Crippen LogP contribution in [-0.2, 0) is 13.0 Å². The second-order valence-electron chi connectivity index (χ2n) is 5.72. The SMILES string of the molecule is CN=C(NCCc1ccc(C)c(OC)c1)NCc1ccccc1OC.I. The van der Waals surface area contributed by atoms with Crippen molar-refractivity contribution in [1.82, 2.24) is 10.6 Å². The standard InChI is InChI=1S/C20H27N3O2.HI/c1-15-9-10-16(13-19(15)25-4)11-12-22-20(21-2)23-14-17-7-5-6-8-18(17)24-3;/h5-10,13H,11-12,14H2,1-4H3,(H2,21,22,23);1H. The van der Waals surface area contributed by atoms with Gasteiger partial charge in [-0.3, -0.25) is 4.99 Å². The van der Waals surface area contributed by atoms with Gasteiger partial charge in [0.1, 0.15) is 11.5 Å². The fourth-order valence-corrected chi connectivity index (χ4v) is 2.59. The maximum absolute atomic E-state index is 5.38. The highest BCUT2D eigenvalue weighted by atomic mass is 127. The molecule has 0 saturated heterocycles. The molecule has 0 aromatic heterocycles. The summed E-state index contributed by atoms with van der Waals surface area (Å²) in [5.74, 6) is 2.57. The van der Waals surface area contributed by atoms with Gasteiger partial charge in [-0.15, -0.1) is 24.0 Å². The first-order valence-corrected chi connectivity index (χ1v) is 8.38. The average molecular weight is 469 g/mol. The predicted molar refractivity (Wildman–Crippen MR) is 118 cm³/mol. The van der Waals surface area contributed by atoms with Crippen molar-refractivity contribution in [2.45, 2.75) is 19.9 Å². The summed E-state index contributed by atoms with van der Waals surface area (Å²) < 4.78 is 10.7. The van der Waals surface area contributed by atoms with Gasteiger partial charge in [0.25, 0.3) is 0 Å². The Morgan fingerprint density at radius 3 is 2.42 bits per heavy atom. The van der Waals surface area contributed by atoms with Gasteiger partial charge in [-0.05, 0) is 36.6 Å². The van der Waals surface area contributed by atoms with Crippen molar-refractivity contribution in [2.75, 3.05) is 27.8 Å². The van der Waals surface area contributed by atoms with Gasteiger partial charge in [0.2, 0.25) is 0 Å². The Balaban J connectivity index is 0.00000338. The lowest BCUT2D eigenvalue weighted by atomic mass is 10.1. The summed E-state index contributed by atoms with van der Waals surface area (Å²) in [6.07, 6.45) is 0.895. The number of rotatable bonds is 7. The van der Waals surface area contributed by atoms with Crippen LogP contribution in [0.2, 0.25) is 0 Å². The first-order valence-electron chi connectivity index (χ1n) is 8.38. The molecule has 0 aliphatic heterocycles. The van der Waals surface area contributed by atoms with Gasteiger partial charge >= 0.3 is 0 Å². The van der Waals surface area contributed by atoms with Crippen LogP contribution in [-0.4, -0.2) is 33.8 Å². The minimum Gasteiger partial charge on any atom is -0.496 e. The van der Waals surface area contributed by atoms with Gasteiger partial charge < -0.3 is 20.1 Å². The molecule has 2 N–H and O–H groups in total. The number of para-hydroxylation sites is 1. The number of halogens is 1. The molecule has 0 amide bonds. The fourth-order valence-electron chi connectivity index (χ4n) is 2.59. The monoisotopic (exact) mass is 469 g/mol. The van der Waals surface area contributed by atoms with Crippen LogP contribution in [0, 0.1) is 6.92 Å². The lowest BCUT2D eigenvalue weighted by Crippen LogP contribution is -2.37. The summed E-state index contributed by atoms with van der Waals surface area (Å²) in [4.78, 5) is 4.27. The van der Waals surface area contributed by atoms with Crippen molar-refractivity contribution >= 4 is 29.9 Å². The van der Waals surface area contributed by atoms with Gasteiger partial charge in [0.15, 0.2) is 5.96 Å². The maximum Gasteiger partial charge on any atom is 0.191 e. The zero-order chi connectivity index (χ0) is 18.1. The van der Waals surface area contributed by atoms with Gasteiger partial charge in [0.05, 0.1) is 14.2 Å². The molecule has 0 heterocycles. The number of nitrogens with zero attached hydrogens (tertiary/aromatic N) is 1. The number of hydrogen-bond donors (Lipinski definition) is 2. The molecule has 0 saturated carbocycles. The summed E-state index contributed by atoms with van der Waals surface area (Å²) in [6, 6.07) is 14.3. The number of guanidine groups is 1. The second-order valence-corrected chi connectivity index (χ2v) is 5.72. The highest BCUT2D eigenvalue weighted by molar-refractivity contribution is 14.0. The van der Waals surface area contributed by atoms with Crippen molar-refractivity contribution in [2.24, 2.45) is 4.99 Å².